The predicted octanol–water partition coefficient (Wildman–Crippen LogP) is 1.29. The summed E-state index contributed by atoms with van der Waals surface area (Å²) in [5.74, 6) is 0.485. The number of nitrogens with one attached hydrogen (secondary N) is 2. The van der Waals surface area contributed by atoms with E-state index < -0.39 is 0 Å². The molecule has 0 atom stereocenters. The van der Waals surface area contributed by atoms with Gasteiger partial charge in [0.05, 0.1) is 5.69 Å². The van der Waals surface area contributed by atoms with Gasteiger partial charge >= 0.3 is 0 Å². The molecule has 0 unspecified atom stereocenters. The second-order valence-electron chi connectivity index (χ2n) is 4.64. The molecule has 0 bridgehead atoms. The van der Waals surface area contributed by atoms with E-state index in [0.717, 1.165) is 5.69 Å². The molecule has 5 nitrogen and oxygen atoms in total. The highest BCUT2D eigenvalue weighted by atomic mass is 32.1. The molecule has 0 aliphatic heterocycles. The Morgan fingerprint density at radius 2 is 2.26 bits per heavy atom. The third kappa shape index (κ3) is 5.65. The van der Waals surface area contributed by atoms with Crippen LogP contribution in [0.5, 0.6) is 0 Å². The Bertz CT molecular complexity index is 448. The number of pyridine rings is 1. The molecule has 0 radical (unpaired) electrons. The average molecular weight is 280 g/mol. The van der Waals surface area contributed by atoms with Gasteiger partial charge in [0.2, 0.25) is 5.91 Å². The Kier molecular flexibility index (Phi) is 6.21. The molecule has 0 saturated carbocycles. The monoisotopic (exact) mass is 280 g/mol. The molecular weight excluding hydrogens is 260 g/mol. The smallest absolute Gasteiger partial charge is 0.221 e. The van der Waals surface area contributed by atoms with E-state index in [9.17, 15) is 4.79 Å². The van der Waals surface area contributed by atoms with Gasteiger partial charge in [0.15, 0.2) is 0 Å². The number of rotatable bonds is 7. The maximum absolute atomic E-state index is 11.5. The fourth-order valence-corrected chi connectivity index (χ4v) is 1.62. The lowest BCUT2D eigenvalue weighted by Crippen LogP contribution is -2.29. The first-order valence-electron chi connectivity index (χ1n) is 6.26. The summed E-state index contributed by atoms with van der Waals surface area (Å²) in [5.41, 5.74) is 6.89. The number of anilines is 1. The Morgan fingerprint density at radius 1 is 1.53 bits per heavy atom. The Morgan fingerprint density at radius 3 is 2.89 bits per heavy atom. The van der Waals surface area contributed by atoms with E-state index in [1.165, 1.54) is 0 Å². The summed E-state index contributed by atoms with van der Waals surface area (Å²) in [4.78, 5) is 15.9. The second kappa shape index (κ2) is 7.68. The Labute approximate surface area is 119 Å². The molecule has 0 fully saturated rings. The quantitative estimate of drug-likeness (QED) is 0.656. The molecular formula is C13H20N4OS. The summed E-state index contributed by atoms with van der Waals surface area (Å²) in [6.07, 6.45) is 2.04. The minimum absolute atomic E-state index is 0.0296. The number of amides is 1. The lowest BCUT2D eigenvalue weighted by Gasteiger charge is -2.11. The maximum atomic E-state index is 11.5. The van der Waals surface area contributed by atoms with Crippen LogP contribution in [0, 0.1) is 5.92 Å². The van der Waals surface area contributed by atoms with E-state index in [-0.39, 0.29) is 10.9 Å². The predicted molar refractivity (Wildman–Crippen MR) is 81.1 cm³/mol. The van der Waals surface area contributed by atoms with E-state index in [1.54, 1.807) is 12.3 Å². The number of carbonyl (C=O) groups is 1. The summed E-state index contributed by atoms with van der Waals surface area (Å²) in [6, 6.07) is 3.64. The molecule has 104 valence electrons. The van der Waals surface area contributed by atoms with Crippen LogP contribution in [0.25, 0.3) is 0 Å². The molecule has 6 heteroatoms. The SMILES string of the molecule is CC(C)CNC(=O)CCNc1cccnc1C(N)=S. The van der Waals surface area contributed by atoms with Gasteiger partial charge in [0.1, 0.15) is 10.7 Å². The van der Waals surface area contributed by atoms with Gasteiger partial charge in [-0.1, -0.05) is 26.1 Å². The van der Waals surface area contributed by atoms with Crippen molar-refractivity contribution in [2.24, 2.45) is 11.7 Å². The summed E-state index contributed by atoms with van der Waals surface area (Å²) in [7, 11) is 0. The molecule has 0 saturated heterocycles. The van der Waals surface area contributed by atoms with Gasteiger partial charge in [-0.2, -0.15) is 0 Å². The molecule has 1 rings (SSSR count). The second-order valence-corrected chi connectivity index (χ2v) is 5.08. The van der Waals surface area contributed by atoms with Gasteiger partial charge in [-0.3, -0.25) is 9.78 Å². The van der Waals surface area contributed by atoms with Crippen LogP contribution in [-0.4, -0.2) is 29.0 Å². The molecule has 4 N–H and O–H groups in total. The van der Waals surface area contributed by atoms with Crippen molar-refractivity contribution in [2.45, 2.75) is 20.3 Å². The lowest BCUT2D eigenvalue weighted by molar-refractivity contribution is -0.120. The largest absolute Gasteiger partial charge is 0.388 e. The van der Waals surface area contributed by atoms with Gasteiger partial charge in [-0.05, 0) is 18.1 Å². The zero-order valence-electron chi connectivity index (χ0n) is 11.3. The number of nitrogens with two attached hydrogens (primary N) is 1. The van der Waals surface area contributed by atoms with Crippen LogP contribution >= 0.6 is 12.2 Å². The molecule has 1 heterocycles. The first-order valence-corrected chi connectivity index (χ1v) is 6.67. The summed E-state index contributed by atoms with van der Waals surface area (Å²) >= 11 is 4.92. The van der Waals surface area contributed by atoms with Crippen LogP contribution < -0.4 is 16.4 Å². The van der Waals surface area contributed by atoms with Gasteiger partial charge in [-0.25, -0.2) is 0 Å². The first-order chi connectivity index (χ1) is 9.00. The van der Waals surface area contributed by atoms with Crippen LogP contribution in [0.1, 0.15) is 26.0 Å². The van der Waals surface area contributed by atoms with Gasteiger partial charge in [0.25, 0.3) is 0 Å². The van der Waals surface area contributed by atoms with Crippen LogP contribution in [0.3, 0.4) is 0 Å². The van der Waals surface area contributed by atoms with Crippen molar-refractivity contribution in [2.75, 3.05) is 18.4 Å². The molecule has 0 aliphatic rings. The van der Waals surface area contributed by atoms with Crippen molar-refractivity contribution in [3.63, 3.8) is 0 Å². The maximum Gasteiger partial charge on any atom is 0.221 e. The van der Waals surface area contributed by atoms with Crippen LogP contribution in [-0.2, 0) is 4.79 Å². The fraction of sp³-hybridized carbons (Fsp3) is 0.462. The number of aromatic nitrogens is 1. The van der Waals surface area contributed by atoms with Crippen molar-refractivity contribution in [1.82, 2.24) is 10.3 Å². The highest BCUT2D eigenvalue weighted by Crippen LogP contribution is 2.11. The molecule has 19 heavy (non-hydrogen) atoms. The third-order valence-corrected chi connectivity index (χ3v) is 2.61. The standard InChI is InChI=1S/C13H20N4OS/c1-9(2)8-17-11(18)5-7-15-10-4-3-6-16-12(10)13(14)19/h3-4,6,9,15H,5,7-8H2,1-2H3,(H2,14,19)(H,17,18). The number of hydrogen-bond acceptors (Lipinski definition) is 4. The normalized spacial score (nSPS) is 10.3. The molecule has 1 aromatic heterocycles. The lowest BCUT2D eigenvalue weighted by atomic mass is 10.2. The van der Waals surface area contributed by atoms with E-state index in [2.05, 4.69) is 29.5 Å². The van der Waals surface area contributed by atoms with E-state index >= 15 is 0 Å². The van der Waals surface area contributed by atoms with E-state index in [0.29, 0.717) is 31.1 Å². The summed E-state index contributed by atoms with van der Waals surface area (Å²) < 4.78 is 0. The van der Waals surface area contributed by atoms with Crippen LogP contribution in [0.2, 0.25) is 0 Å². The zero-order valence-corrected chi connectivity index (χ0v) is 12.1. The number of nitrogens with zero attached hydrogens (tertiary/aromatic N) is 1. The van der Waals surface area contributed by atoms with E-state index in [4.69, 9.17) is 18.0 Å². The summed E-state index contributed by atoms with van der Waals surface area (Å²) in [6.45, 7) is 5.33. The number of hydrogen-bond donors (Lipinski definition) is 3. The molecule has 0 spiro atoms. The number of carbonyl (C=O) groups excluding carboxylic acids is 1. The highest BCUT2D eigenvalue weighted by molar-refractivity contribution is 7.80. The molecule has 0 aliphatic carbocycles. The van der Waals surface area contributed by atoms with Gasteiger partial charge < -0.3 is 16.4 Å². The van der Waals surface area contributed by atoms with Gasteiger partial charge in [0, 0.05) is 25.7 Å². The minimum atomic E-state index is 0.0296. The highest BCUT2D eigenvalue weighted by Gasteiger charge is 2.06. The topological polar surface area (TPSA) is 80.0 Å². The van der Waals surface area contributed by atoms with Crippen molar-refractivity contribution >= 4 is 28.8 Å². The average Bonchev–Trinajstić information content (AvgIpc) is 2.36. The fourth-order valence-electron chi connectivity index (χ4n) is 1.46. The van der Waals surface area contributed by atoms with Crippen LogP contribution in [0.15, 0.2) is 18.3 Å². The zero-order chi connectivity index (χ0) is 14.3. The van der Waals surface area contributed by atoms with Crippen molar-refractivity contribution < 1.29 is 4.79 Å². The first kappa shape index (κ1) is 15.4. The number of thiocarbonyl (C=S) groups is 1. The van der Waals surface area contributed by atoms with Crippen molar-refractivity contribution in [1.29, 1.82) is 0 Å². The van der Waals surface area contributed by atoms with E-state index in [1.807, 2.05) is 6.07 Å². The molecule has 0 aromatic carbocycles. The van der Waals surface area contributed by atoms with Crippen LogP contribution in [0.4, 0.5) is 5.69 Å². The molecule has 1 amide bonds. The third-order valence-electron chi connectivity index (χ3n) is 2.42. The van der Waals surface area contributed by atoms with Crippen molar-refractivity contribution in [3.8, 4) is 0 Å². The summed E-state index contributed by atoms with van der Waals surface area (Å²) in [5, 5.41) is 5.98. The van der Waals surface area contributed by atoms with Crippen molar-refractivity contribution in [3.05, 3.63) is 24.0 Å². The Balaban J connectivity index is 2.41. The molecule has 1 aromatic rings. The Hall–Kier alpha value is -1.69. The minimum Gasteiger partial charge on any atom is -0.388 e. The van der Waals surface area contributed by atoms with Gasteiger partial charge in [-0.15, -0.1) is 0 Å².